The van der Waals surface area contributed by atoms with Gasteiger partial charge in [-0.25, -0.2) is 0 Å². The van der Waals surface area contributed by atoms with Crippen molar-refractivity contribution in [3.8, 4) is 11.5 Å². The van der Waals surface area contributed by atoms with Crippen LogP contribution in [-0.4, -0.2) is 41.0 Å². The second-order valence-corrected chi connectivity index (χ2v) is 7.85. The number of hydrogen-bond donors (Lipinski definition) is 2. The number of piperidine rings is 1. The summed E-state index contributed by atoms with van der Waals surface area (Å²) in [5.74, 6) is 0.644. The van der Waals surface area contributed by atoms with Crippen molar-refractivity contribution in [2.45, 2.75) is 27.7 Å². The summed E-state index contributed by atoms with van der Waals surface area (Å²) in [6.07, 6.45) is 3.83. The van der Waals surface area contributed by atoms with Crippen LogP contribution in [0.4, 0.5) is 0 Å². The average molecular weight is 377 g/mol. The first-order chi connectivity index (χ1) is 13.2. The van der Waals surface area contributed by atoms with Crippen LogP contribution in [0.25, 0.3) is 12.2 Å². The van der Waals surface area contributed by atoms with E-state index in [1.807, 2.05) is 71.2 Å². The maximum Gasteiger partial charge on any atom is 0.187 e. The SMILES string of the molecule is Cc1cc(/C=C2\CN(C)C/C(=C\c3cc(C)c(O)c(C)c3)C2=O)cc(C)c1O. The van der Waals surface area contributed by atoms with E-state index in [4.69, 9.17) is 0 Å². The van der Waals surface area contributed by atoms with Gasteiger partial charge in [0, 0.05) is 24.2 Å². The molecule has 0 saturated carbocycles. The molecule has 4 nitrogen and oxygen atoms in total. The van der Waals surface area contributed by atoms with Crippen LogP contribution < -0.4 is 0 Å². The first-order valence-corrected chi connectivity index (χ1v) is 9.40. The molecule has 0 amide bonds. The van der Waals surface area contributed by atoms with Crippen molar-refractivity contribution >= 4 is 17.9 Å². The van der Waals surface area contributed by atoms with E-state index in [0.29, 0.717) is 24.6 Å². The number of ketones is 1. The first-order valence-electron chi connectivity index (χ1n) is 9.40. The van der Waals surface area contributed by atoms with Gasteiger partial charge in [-0.3, -0.25) is 9.69 Å². The third-order valence-corrected chi connectivity index (χ3v) is 5.17. The standard InChI is InChI=1S/C24H27NO3/c1-14-6-18(7-15(2)22(14)26)10-20-12-25(5)13-21(24(20)28)11-19-8-16(3)23(27)17(4)9-19/h6-11,26-27H,12-13H2,1-5H3/b20-10+,21-11+. The van der Waals surface area contributed by atoms with Gasteiger partial charge in [-0.1, -0.05) is 0 Å². The zero-order valence-corrected chi connectivity index (χ0v) is 17.1. The highest BCUT2D eigenvalue weighted by atomic mass is 16.3. The maximum absolute atomic E-state index is 13.1. The van der Waals surface area contributed by atoms with Gasteiger partial charge in [0.15, 0.2) is 5.78 Å². The van der Waals surface area contributed by atoms with Crippen LogP contribution >= 0.6 is 0 Å². The van der Waals surface area contributed by atoms with Crippen molar-refractivity contribution in [1.29, 1.82) is 0 Å². The molecule has 2 aromatic rings. The molecule has 4 heteroatoms. The highest BCUT2D eigenvalue weighted by molar-refractivity contribution is 6.14. The van der Waals surface area contributed by atoms with Gasteiger partial charge in [0.05, 0.1) is 0 Å². The summed E-state index contributed by atoms with van der Waals surface area (Å²) < 4.78 is 0. The molecule has 28 heavy (non-hydrogen) atoms. The third-order valence-electron chi connectivity index (χ3n) is 5.17. The molecular weight excluding hydrogens is 350 g/mol. The van der Waals surface area contributed by atoms with E-state index in [-0.39, 0.29) is 5.78 Å². The second kappa shape index (κ2) is 7.64. The summed E-state index contributed by atoms with van der Waals surface area (Å²) in [5.41, 5.74) is 6.50. The van der Waals surface area contributed by atoms with Crippen molar-refractivity contribution in [1.82, 2.24) is 4.90 Å². The monoisotopic (exact) mass is 377 g/mol. The Balaban J connectivity index is 1.99. The molecule has 1 heterocycles. The Hall–Kier alpha value is -2.85. The van der Waals surface area contributed by atoms with Gasteiger partial charge in [-0.2, -0.15) is 0 Å². The molecule has 0 aromatic heterocycles. The van der Waals surface area contributed by atoms with Crippen LogP contribution in [0.3, 0.4) is 0 Å². The minimum atomic E-state index is 0.0462. The van der Waals surface area contributed by atoms with Gasteiger partial charge < -0.3 is 10.2 Å². The zero-order valence-electron chi connectivity index (χ0n) is 17.1. The van der Waals surface area contributed by atoms with Crippen molar-refractivity contribution < 1.29 is 15.0 Å². The molecule has 0 radical (unpaired) electrons. The van der Waals surface area contributed by atoms with E-state index in [0.717, 1.165) is 44.5 Å². The minimum absolute atomic E-state index is 0.0462. The highest BCUT2D eigenvalue weighted by Crippen LogP contribution is 2.28. The van der Waals surface area contributed by atoms with Crippen molar-refractivity contribution in [3.05, 3.63) is 68.8 Å². The Morgan fingerprint density at radius 2 is 1.07 bits per heavy atom. The number of rotatable bonds is 2. The quantitative estimate of drug-likeness (QED) is 0.766. The van der Waals surface area contributed by atoms with Crippen LogP contribution in [0.5, 0.6) is 11.5 Å². The molecule has 2 aromatic carbocycles. The summed E-state index contributed by atoms with van der Waals surface area (Å²) in [6.45, 7) is 8.62. The van der Waals surface area contributed by atoms with Crippen LogP contribution in [0.1, 0.15) is 33.4 Å². The number of likely N-dealkylation sites (tertiary alicyclic amines) is 1. The van der Waals surface area contributed by atoms with E-state index in [2.05, 4.69) is 4.90 Å². The smallest absolute Gasteiger partial charge is 0.187 e. The number of benzene rings is 2. The van der Waals surface area contributed by atoms with Gasteiger partial charge in [0.2, 0.25) is 0 Å². The number of Topliss-reactive ketones (excluding diaryl/α,β-unsaturated/α-hetero) is 1. The fourth-order valence-electron chi connectivity index (χ4n) is 3.76. The number of carbonyl (C=O) groups is 1. The fraction of sp³-hybridized carbons (Fsp3) is 0.292. The largest absolute Gasteiger partial charge is 0.507 e. The molecule has 146 valence electrons. The molecule has 2 N–H and O–H groups in total. The van der Waals surface area contributed by atoms with Gasteiger partial charge >= 0.3 is 0 Å². The van der Waals surface area contributed by atoms with E-state index in [9.17, 15) is 15.0 Å². The normalized spacial score (nSPS) is 18.2. The predicted octanol–water partition coefficient (Wildman–Crippen LogP) is 4.31. The van der Waals surface area contributed by atoms with Crippen molar-refractivity contribution in [2.24, 2.45) is 0 Å². The van der Waals surface area contributed by atoms with Crippen LogP contribution in [0.2, 0.25) is 0 Å². The number of likely N-dealkylation sites (N-methyl/N-ethyl adjacent to an activating group) is 1. The van der Waals surface area contributed by atoms with Gasteiger partial charge in [0.1, 0.15) is 11.5 Å². The fourth-order valence-corrected chi connectivity index (χ4v) is 3.76. The summed E-state index contributed by atoms with van der Waals surface area (Å²) in [4.78, 5) is 15.2. The number of phenolic OH excluding ortho intramolecular Hbond substituents is 2. The maximum atomic E-state index is 13.1. The minimum Gasteiger partial charge on any atom is -0.507 e. The van der Waals surface area contributed by atoms with Gasteiger partial charge in [-0.05, 0) is 105 Å². The number of carbonyl (C=O) groups excluding carboxylic acids is 1. The van der Waals surface area contributed by atoms with Crippen LogP contribution in [-0.2, 0) is 4.79 Å². The van der Waals surface area contributed by atoms with Crippen molar-refractivity contribution in [2.75, 3.05) is 20.1 Å². The molecule has 1 fully saturated rings. The average Bonchev–Trinajstić information content (AvgIpc) is 2.61. The Labute approximate surface area is 166 Å². The number of hydrogen-bond acceptors (Lipinski definition) is 4. The Morgan fingerprint density at radius 3 is 1.39 bits per heavy atom. The molecule has 0 spiro atoms. The molecule has 0 aliphatic carbocycles. The number of phenols is 2. The molecular formula is C24H27NO3. The molecule has 0 bridgehead atoms. The Kier molecular flexibility index (Phi) is 5.43. The van der Waals surface area contributed by atoms with Gasteiger partial charge in [0.25, 0.3) is 0 Å². The molecule has 0 unspecified atom stereocenters. The highest BCUT2D eigenvalue weighted by Gasteiger charge is 2.24. The lowest BCUT2D eigenvalue weighted by atomic mass is 9.93. The van der Waals surface area contributed by atoms with Crippen LogP contribution in [0.15, 0.2) is 35.4 Å². The lowest BCUT2D eigenvalue weighted by Crippen LogP contribution is -2.34. The molecule has 1 aliphatic heterocycles. The second-order valence-electron chi connectivity index (χ2n) is 7.85. The summed E-state index contributed by atoms with van der Waals surface area (Å²) in [5, 5.41) is 20.0. The van der Waals surface area contributed by atoms with E-state index in [1.54, 1.807) is 0 Å². The molecule has 1 saturated heterocycles. The topological polar surface area (TPSA) is 60.8 Å². The van der Waals surface area contributed by atoms with E-state index < -0.39 is 0 Å². The molecule has 0 atom stereocenters. The summed E-state index contributed by atoms with van der Waals surface area (Å²) in [6, 6.07) is 7.58. The predicted molar refractivity (Wildman–Crippen MR) is 114 cm³/mol. The summed E-state index contributed by atoms with van der Waals surface area (Å²) >= 11 is 0. The number of aromatic hydroxyl groups is 2. The molecule has 1 aliphatic rings. The number of aryl methyl sites for hydroxylation is 4. The van der Waals surface area contributed by atoms with E-state index >= 15 is 0 Å². The van der Waals surface area contributed by atoms with Crippen molar-refractivity contribution in [3.63, 3.8) is 0 Å². The first kappa shape index (κ1) is 19.9. The summed E-state index contributed by atoms with van der Waals surface area (Å²) in [7, 11) is 1.99. The molecule has 3 rings (SSSR count). The zero-order chi connectivity index (χ0) is 20.6. The van der Waals surface area contributed by atoms with Gasteiger partial charge in [-0.15, -0.1) is 0 Å². The number of nitrogens with zero attached hydrogens (tertiary/aromatic N) is 1. The Morgan fingerprint density at radius 1 is 0.750 bits per heavy atom. The Bertz CT molecular complexity index is 889. The van der Waals surface area contributed by atoms with E-state index in [1.165, 1.54) is 0 Å². The van der Waals surface area contributed by atoms with Crippen LogP contribution in [0, 0.1) is 27.7 Å². The third kappa shape index (κ3) is 4.02. The lowest BCUT2D eigenvalue weighted by molar-refractivity contribution is -0.113. The lowest BCUT2D eigenvalue weighted by Gasteiger charge is -2.26.